The van der Waals surface area contributed by atoms with Gasteiger partial charge in [-0.3, -0.25) is 0 Å². The van der Waals surface area contributed by atoms with Gasteiger partial charge in [-0.2, -0.15) is 0 Å². The van der Waals surface area contributed by atoms with E-state index in [1.54, 1.807) is 5.57 Å². The smallest absolute Gasteiger partial charge is 0.00489 e. The lowest BCUT2D eigenvalue weighted by Crippen LogP contribution is -2.07. The summed E-state index contributed by atoms with van der Waals surface area (Å²) in [4.78, 5) is 0. The van der Waals surface area contributed by atoms with Crippen LogP contribution in [-0.2, 0) is 0 Å². The molecule has 0 aliphatic rings. The van der Waals surface area contributed by atoms with Gasteiger partial charge in [-0.05, 0) is 39.8 Å². The predicted molar refractivity (Wildman–Crippen MR) is 47.2 cm³/mol. The number of hydrogen-bond acceptors (Lipinski definition) is 1. The Kier molecular flexibility index (Phi) is 6.61. The molecule has 1 heteroatoms. The minimum absolute atomic E-state index is 1.14. The van der Waals surface area contributed by atoms with Gasteiger partial charge in [0.25, 0.3) is 0 Å². The lowest BCUT2D eigenvalue weighted by atomic mass is 10.1. The van der Waals surface area contributed by atoms with E-state index in [0.717, 1.165) is 6.54 Å². The SMILES string of the molecule is C/C=C(/CC)CCCNC. The Hall–Kier alpha value is -0.300. The summed E-state index contributed by atoms with van der Waals surface area (Å²) in [6.45, 7) is 5.48. The third kappa shape index (κ3) is 4.57. The molecule has 0 aliphatic heterocycles. The van der Waals surface area contributed by atoms with Crippen LogP contribution >= 0.6 is 0 Å². The molecule has 0 heterocycles. The van der Waals surface area contributed by atoms with Gasteiger partial charge in [0, 0.05) is 0 Å². The first-order chi connectivity index (χ1) is 4.85. The van der Waals surface area contributed by atoms with Gasteiger partial charge in [-0.25, -0.2) is 0 Å². The molecular weight excluding hydrogens is 122 g/mol. The third-order valence-electron chi connectivity index (χ3n) is 1.79. The second-order valence-electron chi connectivity index (χ2n) is 2.51. The van der Waals surface area contributed by atoms with Gasteiger partial charge in [0.1, 0.15) is 0 Å². The van der Waals surface area contributed by atoms with E-state index in [1.807, 2.05) is 7.05 Å². The molecule has 0 fully saturated rings. The van der Waals surface area contributed by atoms with Crippen LogP contribution in [0.25, 0.3) is 0 Å². The Labute approximate surface area is 64.5 Å². The van der Waals surface area contributed by atoms with E-state index in [4.69, 9.17) is 0 Å². The number of hydrogen-bond donors (Lipinski definition) is 1. The minimum Gasteiger partial charge on any atom is -0.320 e. The van der Waals surface area contributed by atoms with E-state index in [2.05, 4.69) is 25.2 Å². The van der Waals surface area contributed by atoms with Gasteiger partial charge >= 0.3 is 0 Å². The molecule has 0 aromatic carbocycles. The normalized spacial score (nSPS) is 12.1. The number of rotatable bonds is 5. The summed E-state index contributed by atoms with van der Waals surface area (Å²) in [6, 6.07) is 0. The lowest BCUT2D eigenvalue weighted by molar-refractivity contribution is 0.710. The summed E-state index contributed by atoms with van der Waals surface area (Å²) in [6.07, 6.45) is 5.97. The van der Waals surface area contributed by atoms with Crippen LogP contribution in [0, 0.1) is 0 Å². The summed E-state index contributed by atoms with van der Waals surface area (Å²) in [5.74, 6) is 0. The summed E-state index contributed by atoms with van der Waals surface area (Å²) in [5.41, 5.74) is 1.58. The maximum atomic E-state index is 3.14. The summed E-state index contributed by atoms with van der Waals surface area (Å²) in [7, 11) is 2.00. The molecule has 0 aromatic heterocycles. The van der Waals surface area contributed by atoms with E-state index in [1.165, 1.54) is 19.3 Å². The van der Waals surface area contributed by atoms with Gasteiger partial charge in [0.05, 0.1) is 0 Å². The van der Waals surface area contributed by atoms with Crippen molar-refractivity contribution in [3.05, 3.63) is 11.6 Å². The Balaban J connectivity index is 3.27. The third-order valence-corrected chi connectivity index (χ3v) is 1.79. The number of allylic oxidation sites excluding steroid dienone is 2. The average molecular weight is 141 g/mol. The molecule has 0 spiro atoms. The van der Waals surface area contributed by atoms with Crippen molar-refractivity contribution in [2.45, 2.75) is 33.1 Å². The monoisotopic (exact) mass is 141 g/mol. The van der Waals surface area contributed by atoms with Crippen molar-refractivity contribution < 1.29 is 0 Å². The molecule has 0 saturated heterocycles. The fraction of sp³-hybridized carbons (Fsp3) is 0.778. The summed E-state index contributed by atoms with van der Waals surface area (Å²) < 4.78 is 0. The average Bonchev–Trinajstić information content (AvgIpc) is 1.99. The van der Waals surface area contributed by atoms with Crippen molar-refractivity contribution in [1.82, 2.24) is 5.32 Å². The van der Waals surface area contributed by atoms with Crippen LogP contribution in [0.15, 0.2) is 11.6 Å². The zero-order valence-electron chi connectivity index (χ0n) is 7.41. The van der Waals surface area contributed by atoms with Gasteiger partial charge in [0.2, 0.25) is 0 Å². The second kappa shape index (κ2) is 6.81. The Morgan fingerprint density at radius 2 is 2.20 bits per heavy atom. The molecule has 0 bridgehead atoms. The van der Waals surface area contributed by atoms with E-state index >= 15 is 0 Å². The van der Waals surface area contributed by atoms with Gasteiger partial charge in [0.15, 0.2) is 0 Å². The van der Waals surface area contributed by atoms with E-state index in [0.29, 0.717) is 0 Å². The number of nitrogens with one attached hydrogen (secondary N) is 1. The fourth-order valence-corrected chi connectivity index (χ4v) is 1.02. The Morgan fingerprint density at radius 3 is 2.60 bits per heavy atom. The first-order valence-electron chi connectivity index (χ1n) is 4.13. The van der Waals surface area contributed by atoms with E-state index < -0.39 is 0 Å². The van der Waals surface area contributed by atoms with E-state index in [9.17, 15) is 0 Å². The molecular formula is C9H19N. The predicted octanol–water partition coefficient (Wildman–Crippen LogP) is 2.34. The second-order valence-corrected chi connectivity index (χ2v) is 2.51. The molecule has 1 N–H and O–H groups in total. The largest absolute Gasteiger partial charge is 0.320 e. The molecule has 1 nitrogen and oxygen atoms in total. The highest BCUT2D eigenvalue weighted by Gasteiger charge is 1.90. The molecule has 0 aliphatic carbocycles. The summed E-state index contributed by atoms with van der Waals surface area (Å²) in [5, 5.41) is 3.14. The van der Waals surface area contributed by atoms with Crippen molar-refractivity contribution in [3.8, 4) is 0 Å². The highest BCUT2D eigenvalue weighted by molar-refractivity contribution is 4.98. The van der Waals surface area contributed by atoms with Gasteiger partial charge in [-0.15, -0.1) is 0 Å². The van der Waals surface area contributed by atoms with Crippen LogP contribution in [0.4, 0.5) is 0 Å². The van der Waals surface area contributed by atoms with Crippen molar-refractivity contribution in [3.63, 3.8) is 0 Å². The zero-order chi connectivity index (χ0) is 7.82. The highest BCUT2D eigenvalue weighted by atomic mass is 14.8. The molecule has 0 rings (SSSR count). The van der Waals surface area contributed by atoms with Crippen LogP contribution in [0.1, 0.15) is 33.1 Å². The quantitative estimate of drug-likeness (QED) is 0.458. The molecule has 0 unspecified atom stereocenters. The highest BCUT2D eigenvalue weighted by Crippen LogP contribution is 2.07. The van der Waals surface area contributed by atoms with Gasteiger partial charge < -0.3 is 5.32 Å². The first kappa shape index (κ1) is 9.70. The molecule has 0 atom stereocenters. The van der Waals surface area contributed by atoms with Crippen molar-refractivity contribution in [2.24, 2.45) is 0 Å². The van der Waals surface area contributed by atoms with Crippen LogP contribution in [0.5, 0.6) is 0 Å². The van der Waals surface area contributed by atoms with Crippen molar-refractivity contribution in [1.29, 1.82) is 0 Å². The van der Waals surface area contributed by atoms with Crippen LogP contribution < -0.4 is 5.32 Å². The standard InChI is InChI=1S/C9H19N/c1-4-9(5-2)7-6-8-10-3/h4,10H,5-8H2,1-3H3/b9-4-. The minimum atomic E-state index is 1.14. The van der Waals surface area contributed by atoms with Gasteiger partial charge in [-0.1, -0.05) is 18.6 Å². The topological polar surface area (TPSA) is 12.0 Å². The molecule has 60 valence electrons. The maximum Gasteiger partial charge on any atom is -0.00489 e. The molecule has 0 radical (unpaired) electrons. The lowest BCUT2D eigenvalue weighted by Gasteiger charge is -2.02. The van der Waals surface area contributed by atoms with Crippen LogP contribution in [0.3, 0.4) is 0 Å². The molecule has 0 aromatic rings. The maximum absolute atomic E-state index is 3.14. The Bertz CT molecular complexity index is 94.9. The van der Waals surface area contributed by atoms with Crippen molar-refractivity contribution >= 4 is 0 Å². The first-order valence-corrected chi connectivity index (χ1v) is 4.13. The zero-order valence-corrected chi connectivity index (χ0v) is 7.41. The fourth-order valence-electron chi connectivity index (χ4n) is 1.02. The molecule has 0 saturated carbocycles. The Morgan fingerprint density at radius 1 is 1.50 bits per heavy atom. The molecule has 0 amide bonds. The van der Waals surface area contributed by atoms with E-state index in [-0.39, 0.29) is 0 Å². The van der Waals surface area contributed by atoms with Crippen LogP contribution in [-0.4, -0.2) is 13.6 Å². The summed E-state index contributed by atoms with van der Waals surface area (Å²) >= 11 is 0. The molecule has 10 heavy (non-hydrogen) atoms. The van der Waals surface area contributed by atoms with Crippen molar-refractivity contribution in [2.75, 3.05) is 13.6 Å². The van der Waals surface area contributed by atoms with Crippen LogP contribution in [0.2, 0.25) is 0 Å².